The van der Waals surface area contributed by atoms with Crippen LogP contribution in [-0.2, 0) is 11.3 Å². The number of nitrogens with zero attached hydrogens (tertiary/aromatic N) is 4. The molecule has 1 N–H and O–H groups in total. The van der Waals surface area contributed by atoms with Crippen molar-refractivity contribution in [1.82, 2.24) is 24.5 Å². The predicted molar refractivity (Wildman–Crippen MR) is 92.6 cm³/mol. The van der Waals surface area contributed by atoms with E-state index in [1.165, 1.54) is 4.68 Å². The Labute approximate surface area is 142 Å². The van der Waals surface area contributed by atoms with Crippen LogP contribution in [0.15, 0.2) is 10.9 Å². The van der Waals surface area contributed by atoms with Gasteiger partial charge in [-0.15, -0.1) is 11.3 Å². The molecule has 0 aliphatic heterocycles. The van der Waals surface area contributed by atoms with Crippen LogP contribution < -0.4 is 10.9 Å². The molecule has 1 saturated carbocycles. The van der Waals surface area contributed by atoms with Gasteiger partial charge >= 0.3 is 0 Å². The molecular formula is C16H19N5O2S. The number of carbonyl (C=O) groups is 1. The lowest BCUT2D eigenvalue weighted by atomic mass is 10.2. The summed E-state index contributed by atoms with van der Waals surface area (Å²) in [6.07, 6.45) is 2.04. The smallest absolute Gasteiger partial charge is 0.291 e. The minimum absolute atomic E-state index is 0.0448. The summed E-state index contributed by atoms with van der Waals surface area (Å²) in [6, 6.07) is 2.12. The fraction of sp³-hybridized carbons (Fsp3) is 0.500. The van der Waals surface area contributed by atoms with E-state index in [9.17, 15) is 9.59 Å². The Morgan fingerprint density at radius 3 is 2.88 bits per heavy atom. The third-order valence-electron chi connectivity index (χ3n) is 4.12. The second-order valence-electron chi connectivity index (χ2n) is 6.60. The number of fused-ring (bicyclic) bond motifs is 3. The van der Waals surface area contributed by atoms with Crippen molar-refractivity contribution >= 4 is 33.1 Å². The van der Waals surface area contributed by atoms with Gasteiger partial charge in [0.25, 0.3) is 5.56 Å². The molecule has 0 atom stereocenters. The summed E-state index contributed by atoms with van der Waals surface area (Å²) in [5.74, 6) is 0.682. The highest BCUT2D eigenvalue weighted by Crippen LogP contribution is 2.26. The summed E-state index contributed by atoms with van der Waals surface area (Å²) in [5, 5.41) is 8.33. The maximum absolute atomic E-state index is 12.8. The Morgan fingerprint density at radius 1 is 1.46 bits per heavy atom. The van der Waals surface area contributed by atoms with Crippen molar-refractivity contribution in [2.75, 3.05) is 0 Å². The maximum atomic E-state index is 12.8. The van der Waals surface area contributed by atoms with Crippen LogP contribution in [0.5, 0.6) is 0 Å². The Bertz CT molecular complexity index is 1010. The fourth-order valence-corrected chi connectivity index (χ4v) is 3.69. The number of hydrogen-bond acceptors (Lipinski definition) is 5. The average molecular weight is 345 g/mol. The van der Waals surface area contributed by atoms with E-state index in [1.807, 2.05) is 31.2 Å². The van der Waals surface area contributed by atoms with Gasteiger partial charge in [-0.1, -0.05) is 13.8 Å². The van der Waals surface area contributed by atoms with Gasteiger partial charge in [0.1, 0.15) is 17.9 Å². The number of thiazole rings is 1. The summed E-state index contributed by atoms with van der Waals surface area (Å²) in [5.41, 5.74) is 1.05. The number of aromatic nitrogens is 4. The highest BCUT2D eigenvalue weighted by molar-refractivity contribution is 7.18. The SMILES string of the molecule is Cc1nc2c(cc3c(=O)n(CC(=O)NC4CC4)nc(C(C)C)n32)s1. The van der Waals surface area contributed by atoms with Gasteiger partial charge in [0.15, 0.2) is 5.65 Å². The van der Waals surface area contributed by atoms with E-state index in [4.69, 9.17) is 0 Å². The molecule has 0 unspecified atom stereocenters. The molecule has 3 heterocycles. The van der Waals surface area contributed by atoms with Crippen LogP contribution in [0.25, 0.3) is 15.9 Å². The van der Waals surface area contributed by atoms with Crippen molar-refractivity contribution in [3.63, 3.8) is 0 Å². The second-order valence-corrected chi connectivity index (χ2v) is 7.84. The Hall–Kier alpha value is -2.22. The van der Waals surface area contributed by atoms with Crippen LogP contribution in [-0.4, -0.2) is 31.1 Å². The zero-order valence-corrected chi connectivity index (χ0v) is 14.7. The zero-order valence-electron chi connectivity index (χ0n) is 13.9. The molecule has 0 spiro atoms. The van der Waals surface area contributed by atoms with E-state index in [2.05, 4.69) is 15.4 Å². The van der Waals surface area contributed by atoms with Crippen LogP contribution in [0, 0.1) is 6.92 Å². The molecule has 8 heteroatoms. The van der Waals surface area contributed by atoms with Crippen molar-refractivity contribution in [3.05, 3.63) is 27.3 Å². The van der Waals surface area contributed by atoms with Gasteiger partial charge < -0.3 is 5.32 Å². The van der Waals surface area contributed by atoms with Gasteiger partial charge in [0.2, 0.25) is 5.91 Å². The molecule has 1 fully saturated rings. The first-order valence-corrected chi connectivity index (χ1v) is 8.94. The number of aryl methyl sites for hydroxylation is 1. The van der Waals surface area contributed by atoms with Crippen molar-refractivity contribution in [1.29, 1.82) is 0 Å². The summed E-state index contributed by atoms with van der Waals surface area (Å²) in [7, 11) is 0. The van der Waals surface area contributed by atoms with Crippen molar-refractivity contribution in [2.24, 2.45) is 0 Å². The average Bonchev–Trinajstić information content (AvgIpc) is 3.13. The molecule has 24 heavy (non-hydrogen) atoms. The fourth-order valence-electron chi connectivity index (χ4n) is 2.84. The van der Waals surface area contributed by atoms with Gasteiger partial charge in [-0.3, -0.25) is 14.0 Å². The minimum Gasteiger partial charge on any atom is -0.352 e. The van der Waals surface area contributed by atoms with Crippen LogP contribution >= 0.6 is 11.3 Å². The Morgan fingerprint density at radius 2 is 2.21 bits per heavy atom. The molecule has 7 nitrogen and oxygen atoms in total. The number of nitrogens with one attached hydrogen (secondary N) is 1. The molecule has 0 aromatic carbocycles. The second kappa shape index (κ2) is 5.41. The third kappa shape index (κ3) is 2.50. The summed E-state index contributed by atoms with van der Waals surface area (Å²) in [4.78, 5) is 29.4. The molecule has 0 saturated heterocycles. The third-order valence-corrected chi connectivity index (χ3v) is 5.03. The van der Waals surface area contributed by atoms with Gasteiger partial charge in [0, 0.05) is 12.0 Å². The zero-order chi connectivity index (χ0) is 17.0. The summed E-state index contributed by atoms with van der Waals surface area (Å²) < 4.78 is 4.08. The Balaban J connectivity index is 1.87. The molecule has 3 aromatic rings. The quantitative estimate of drug-likeness (QED) is 0.782. The first-order valence-electron chi connectivity index (χ1n) is 8.13. The normalized spacial score (nSPS) is 14.8. The van der Waals surface area contributed by atoms with Crippen LogP contribution in [0.4, 0.5) is 0 Å². The number of hydrogen-bond donors (Lipinski definition) is 1. The highest BCUT2D eigenvalue weighted by atomic mass is 32.1. The lowest BCUT2D eigenvalue weighted by Gasteiger charge is -2.12. The van der Waals surface area contributed by atoms with Crippen LogP contribution in [0.2, 0.25) is 0 Å². The van der Waals surface area contributed by atoms with Gasteiger partial charge in [-0.25, -0.2) is 9.67 Å². The first-order chi connectivity index (χ1) is 11.4. The van der Waals surface area contributed by atoms with Crippen molar-refractivity contribution in [2.45, 2.75) is 52.1 Å². The van der Waals surface area contributed by atoms with E-state index >= 15 is 0 Å². The summed E-state index contributed by atoms with van der Waals surface area (Å²) in [6.45, 7) is 5.94. The first kappa shape index (κ1) is 15.3. The van der Waals surface area contributed by atoms with Gasteiger partial charge in [0.05, 0.1) is 9.71 Å². The van der Waals surface area contributed by atoms with Gasteiger partial charge in [-0.05, 0) is 25.8 Å². The van der Waals surface area contributed by atoms with E-state index in [0.29, 0.717) is 5.52 Å². The van der Waals surface area contributed by atoms with E-state index in [0.717, 1.165) is 34.0 Å². The Kier molecular flexibility index (Phi) is 3.45. The molecule has 1 aliphatic rings. The number of carbonyl (C=O) groups excluding carboxylic acids is 1. The topological polar surface area (TPSA) is 81.3 Å². The number of rotatable bonds is 4. The molecule has 1 amide bonds. The maximum Gasteiger partial charge on any atom is 0.291 e. The van der Waals surface area contributed by atoms with Crippen molar-refractivity contribution in [3.8, 4) is 0 Å². The molecule has 0 bridgehead atoms. The predicted octanol–water partition coefficient (Wildman–Crippen LogP) is 1.82. The molecule has 126 valence electrons. The molecule has 1 aliphatic carbocycles. The summed E-state index contributed by atoms with van der Waals surface area (Å²) >= 11 is 1.56. The van der Waals surface area contributed by atoms with E-state index in [1.54, 1.807) is 11.3 Å². The number of amides is 1. The van der Waals surface area contributed by atoms with Crippen molar-refractivity contribution < 1.29 is 4.79 Å². The minimum atomic E-state index is -0.256. The lowest BCUT2D eigenvalue weighted by Crippen LogP contribution is -2.36. The van der Waals surface area contributed by atoms with E-state index in [-0.39, 0.29) is 30.0 Å². The van der Waals surface area contributed by atoms with Gasteiger partial charge in [-0.2, -0.15) is 5.10 Å². The molecule has 3 aromatic heterocycles. The molecule has 4 rings (SSSR count). The molecular weight excluding hydrogens is 326 g/mol. The highest BCUT2D eigenvalue weighted by Gasteiger charge is 2.24. The standard InChI is InChI=1S/C16H19N5O2S/c1-8(2)14-19-20(7-13(22)18-10-4-5-10)16(23)11-6-12-15(21(11)14)17-9(3)24-12/h6,8,10H,4-5,7H2,1-3H3,(H,18,22). The van der Waals surface area contributed by atoms with Crippen LogP contribution in [0.1, 0.15) is 43.4 Å². The molecule has 0 radical (unpaired) electrons. The monoisotopic (exact) mass is 345 g/mol. The van der Waals surface area contributed by atoms with E-state index < -0.39 is 0 Å². The largest absolute Gasteiger partial charge is 0.352 e. The lowest BCUT2D eigenvalue weighted by molar-refractivity contribution is -0.122. The van der Waals surface area contributed by atoms with Crippen LogP contribution in [0.3, 0.4) is 0 Å².